The maximum Gasteiger partial charge on any atom is 0.132 e. The van der Waals surface area contributed by atoms with Gasteiger partial charge in [0, 0.05) is 37.3 Å². The number of nitrogens with one attached hydrogen (secondary N) is 1. The summed E-state index contributed by atoms with van der Waals surface area (Å²) in [7, 11) is 1.90. The number of halogens is 2. The Morgan fingerprint density at radius 3 is 2.71 bits per heavy atom. The van der Waals surface area contributed by atoms with E-state index in [1.54, 1.807) is 6.20 Å². The van der Waals surface area contributed by atoms with Gasteiger partial charge in [0.1, 0.15) is 11.6 Å². The van der Waals surface area contributed by atoms with Crippen molar-refractivity contribution in [3.63, 3.8) is 0 Å². The Labute approximate surface area is 143 Å². The van der Waals surface area contributed by atoms with E-state index in [1.165, 1.54) is 19.1 Å². The van der Waals surface area contributed by atoms with E-state index in [0.29, 0.717) is 37.2 Å². The van der Waals surface area contributed by atoms with Gasteiger partial charge in [-0.3, -0.25) is 0 Å². The van der Waals surface area contributed by atoms with E-state index >= 15 is 0 Å². The highest BCUT2D eigenvalue weighted by Gasteiger charge is 2.17. The summed E-state index contributed by atoms with van der Waals surface area (Å²) in [5, 5.41) is 13.3. The fraction of sp³-hybridized carbons (Fsp3) is 0.474. The summed E-state index contributed by atoms with van der Waals surface area (Å²) in [6, 6.07) is 2.75. The minimum absolute atomic E-state index is 0.0430. The van der Waals surface area contributed by atoms with Crippen molar-refractivity contribution in [1.82, 2.24) is 10.2 Å². The molecule has 134 valence electrons. The molecule has 1 aromatic carbocycles. The van der Waals surface area contributed by atoms with E-state index < -0.39 is 17.7 Å². The first-order valence-corrected chi connectivity index (χ1v) is 8.15. The van der Waals surface area contributed by atoms with Gasteiger partial charge in [0.2, 0.25) is 0 Å². The molecule has 0 radical (unpaired) electrons. The first kappa shape index (κ1) is 20.2. The van der Waals surface area contributed by atoms with Crippen molar-refractivity contribution in [1.29, 1.82) is 0 Å². The third kappa shape index (κ3) is 5.64. The highest BCUT2D eigenvalue weighted by Crippen LogP contribution is 2.17. The molecule has 0 heterocycles. The number of hydrogen-bond donors (Lipinski definition) is 2. The lowest BCUT2D eigenvalue weighted by molar-refractivity contribution is 0.113. The van der Waals surface area contributed by atoms with E-state index in [4.69, 9.17) is 0 Å². The topological polar surface area (TPSA) is 35.5 Å². The van der Waals surface area contributed by atoms with Gasteiger partial charge in [-0.25, -0.2) is 8.78 Å². The quantitative estimate of drug-likeness (QED) is 0.686. The summed E-state index contributed by atoms with van der Waals surface area (Å²) in [5.74, 6) is -1.15. The highest BCUT2D eigenvalue weighted by atomic mass is 19.1. The van der Waals surface area contributed by atoms with Crippen LogP contribution in [0.15, 0.2) is 37.2 Å². The SMILES string of the molecule is C=CN(C)CCC(O)C(C)C(=C)NCCc1ccc(F)c(C)c1F. The molecule has 1 rings (SSSR count). The van der Waals surface area contributed by atoms with Crippen molar-refractivity contribution >= 4 is 0 Å². The molecule has 0 spiro atoms. The van der Waals surface area contributed by atoms with Gasteiger partial charge in [-0.15, -0.1) is 0 Å². The summed E-state index contributed by atoms with van der Waals surface area (Å²) in [6.07, 6.45) is 2.23. The zero-order chi connectivity index (χ0) is 18.3. The summed E-state index contributed by atoms with van der Waals surface area (Å²) in [4.78, 5) is 1.91. The van der Waals surface area contributed by atoms with Gasteiger partial charge in [0.15, 0.2) is 0 Å². The predicted octanol–water partition coefficient (Wildman–Crippen LogP) is 3.38. The van der Waals surface area contributed by atoms with Gasteiger partial charge in [-0.1, -0.05) is 26.1 Å². The molecular formula is C19H28F2N2O. The smallest absolute Gasteiger partial charge is 0.132 e. The fourth-order valence-electron chi connectivity index (χ4n) is 2.34. The Balaban J connectivity index is 2.45. The van der Waals surface area contributed by atoms with Gasteiger partial charge in [0.05, 0.1) is 6.10 Å². The average Bonchev–Trinajstić information content (AvgIpc) is 2.58. The van der Waals surface area contributed by atoms with Crippen LogP contribution in [0.2, 0.25) is 0 Å². The molecule has 0 bridgehead atoms. The van der Waals surface area contributed by atoms with E-state index in [1.807, 2.05) is 18.9 Å². The van der Waals surface area contributed by atoms with Crippen LogP contribution in [-0.4, -0.2) is 36.2 Å². The number of nitrogens with zero attached hydrogens (tertiary/aromatic N) is 1. The Morgan fingerprint density at radius 1 is 1.42 bits per heavy atom. The molecule has 1 aromatic rings. The Morgan fingerprint density at radius 2 is 2.08 bits per heavy atom. The molecule has 0 aliphatic rings. The average molecular weight is 338 g/mol. The third-order valence-corrected chi connectivity index (χ3v) is 4.36. The second-order valence-corrected chi connectivity index (χ2v) is 6.16. The normalized spacial score (nSPS) is 13.2. The van der Waals surface area contributed by atoms with Crippen LogP contribution in [-0.2, 0) is 6.42 Å². The lowest BCUT2D eigenvalue weighted by Gasteiger charge is -2.24. The molecule has 2 N–H and O–H groups in total. The lowest BCUT2D eigenvalue weighted by Crippen LogP contribution is -2.30. The minimum Gasteiger partial charge on any atom is -0.392 e. The summed E-state index contributed by atoms with van der Waals surface area (Å²) in [6.45, 7) is 12.1. The zero-order valence-corrected chi connectivity index (χ0v) is 14.8. The van der Waals surface area contributed by atoms with Gasteiger partial charge in [0.25, 0.3) is 0 Å². The fourth-order valence-corrected chi connectivity index (χ4v) is 2.34. The van der Waals surface area contributed by atoms with Crippen LogP contribution in [0.4, 0.5) is 8.78 Å². The molecule has 0 aliphatic heterocycles. The molecule has 0 saturated heterocycles. The predicted molar refractivity (Wildman–Crippen MR) is 94.6 cm³/mol. The van der Waals surface area contributed by atoms with E-state index in [9.17, 15) is 13.9 Å². The summed E-state index contributed by atoms with van der Waals surface area (Å²) in [5.41, 5.74) is 1.22. The number of hydrogen-bond acceptors (Lipinski definition) is 3. The molecular weight excluding hydrogens is 310 g/mol. The van der Waals surface area contributed by atoms with Crippen LogP contribution < -0.4 is 5.32 Å². The molecule has 0 saturated carbocycles. The maximum atomic E-state index is 13.9. The van der Waals surface area contributed by atoms with Crippen molar-refractivity contribution in [3.8, 4) is 0 Å². The molecule has 2 unspecified atom stereocenters. The van der Waals surface area contributed by atoms with Gasteiger partial charge in [-0.2, -0.15) is 0 Å². The molecule has 0 fully saturated rings. The second kappa shape index (κ2) is 9.42. The van der Waals surface area contributed by atoms with E-state index in [2.05, 4.69) is 18.5 Å². The van der Waals surface area contributed by atoms with Crippen molar-refractivity contribution in [2.24, 2.45) is 5.92 Å². The number of rotatable bonds is 10. The number of benzene rings is 1. The first-order valence-electron chi connectivity index (χ1n) is 8.15. The van der Waals surface area contributed by atoms with Crippen molar-refractivity contribution < 1.29 is 13.9 Å². The molecule has 5 heteroatoms. The van der Waals surface area contributed by atoms with Crippen LogP contribution in [0.5, 0.6) is 0 Å². The third-order valence-electron chi connectivity index (χ3n) is 4.36. The second-order valence-electron chi connectivity index (χ2n) is 6.16. The van der Waals surface area contributed by atoms with Gasteiger partial charge < -0.3 is 15.3 Å². The van der Waals surface area contributed by atoms with E-state index in [0.717, 1.165) is 0 Å². The zero-order valence-electron chi connectivity index (χ0n) is 14.8. The minimum atomic E-state index is -0.533. The monoisotopic (exact) mass is 338 g/mol. The van der Waals surface area contributed by atoms with Crippen molar-refractivity contribution in [2.45, 2.75) is 32.8 Å². The molecule has 0 amide bonds. The van der Waals surface area contributed by atoms with Gasteiger partial charge in [-0.05, 0) is 37.6 Å². The maximum absolute atomic E-state index is 13.9. The Kier molecular flexibility index (Phi) is 7.92. The Hall–Kier alpha value is -1.88. The van der Waals surface area contributed by atoms with Crippen LogP contribution in [0, 0.1) is 24.5 Å². The molecule has 0 aromatic heterocycles. The molecule has 2 atom stereocenters. The standard InChI is InChI=1S/C19H28F2N2O/c1-6-23(5)12-10-18(24)13(2)15(4)22-11-9-16-7-8-17(20)14(3)19(16)21/h6-8,13,18,22,24H,1,4,9-12H2,2-3,5H3. The van der Waals surface area contributed by atoms with Crippen molar-refractivity contribution in [2.75, 3.05) is 20.1 Å². The van der Waals surface area contributed by atoms with Crippen LogP contribution in [0.25, 0.3) is 0 Å². The summed E-state index contributed by atoms with van der Waals surface area (Å²) >= 11 is 0. The molecule has 24 heavy (non-hydrogen) atoms. The summed E-state index contributed by atoms with van der Waals surface area (Å²) < 4.78 is 27.2. The van der Waals surface area contributed by atoms with Gasteiger partial charge >= 0.3 is 0 Å². The van der Waals surface area contributed by atoms with Crippen LogP contribution in [0.3, 0.4) is 0 Å². The number of aliphatic hydroxyl groups excluding tert-OH is 1. The Bertz CT molecular complexity index is 575. The largest absolute Gasteiger partial charge is 0.392 e. The van der Waals surface area contributed by atoms with Crippen LogP contribution in [0.1, 0.15) is 24.5 Å². The van der Waals surface area contributed by atoms with Crippen LogP contribution >= 0.6 is 0 Å². The van der Waals surface area contributed by atoms with Crippen molar-refractivity contribution in [3.05, 3.63) is 59.9 Å². The highest BCUT2D eigenvalue weighted by molar-refractivity contribution is 5.26. The number of aliphatic hydroxyl groups is 1. The molecule has 3 nitrogen and oxygen atoms in total. The molecule has 0 aliphatic carbocycles. The lowest BCUT2D eigenvalue weighted by atomic mass is 9.98. The first-order chi connectivity index (χ1) is 11.3. The van der Waals surface area contributed by atoms with E-state index in [-0.39, 0.29) is 11.5 Å².